The van der Waals surface area contributed by atoms with Crippen molar-refractivity contribution >= 4 is 18.0 Å². The summed E-state index contributed by atoms with van der Waals surface area (Å²) in [5.41, 5.74) is 4.64. The molecule has 0 aromatic heterocycles. The second-order valence-electron chi connectivity index (χ2n) is 9.47. The fraction of sp³-hybridized carbons (Fsp3) is 0.444. The topological polar surface area (TPSA) is 105 Å². The number of fused-ring (bicyclic) bond motifs is 3. The fourth-order valence-electron chi connectivity index (χ4n) is 5.68. The predicted molar refractivity (Wildman–Crippen MR) is 128 cm³/mol. The molecule has 1 aliphatic carbocycles. The molecule has 5 rings (SSSR count). The second kappa shape index (κ2) is 10.1. The third-order valence-electron chi connectivity index (χ3n) is 7.38. The molecule has 8 heteroatoms. The summed E-state index contributed by atoms with van der Waals surface area (Å²) in [7, 11) is 0. The summed E-state index contributed by atoms with van der Waals surface area (Å²) in [5.74, 6) is -1.27. The monoisotopic (exact) mass is 478 g/mol. The number of hydrogen-bond donors (Lipinski definition) is 2. The maximum Gasteiger partial charge on any atom is 0.407 e. The summed E-state index contributed by atoms with van der Waals surface area (Å²) < 4.78 is 11.3. The highest BCUT2D eigenvalue weighted by molar-refractivity contribution is 5.83. The summed E-state index contributed by atoms with van der Waals surface area (Å²) in [4.78, 5) is 38.4. The van der Waals surface area contributed by atoms with Gasteiger partial charge in [0.15, 0.2) is 0 Å². The Bertz CT molecular complexity index is 1070. The van der Waals surface area contributed by atoms with Crippen molar-refractivity contribution in [1.82, 2.24) is 10.2 Å². The van der Waals surface area contributed by atoms with Crippen molar-refractivity contribution in [2.24, 2.45) is 5.92 Å². The quantitative estimate of drug-likeness (QED) is 0.632. The van der Waals surface area contributed by atoms with Gasteiger partial charge < -0.3 is 24.8 Å². The molecule has 2 heterocycles. The van der Waals surface area contributed by atoms with Gasteiger partial charge in [-0.15, -0.1) is 0 Å². The number of amides is 2. The van der Waals surface area contributed by atoms with Crippen molar-refractivity contribution < 1.29 is 29.0 Å². The molecule has 35 heavy (non-hydrogen) atoms. The van der Waals surface area contributed by atoms with Crippen LogP contribution in [0.2, 0.25) is 0 Å². The summed E-state index contributed by atoms with van der Waals surface area (Å²) in [6.45, 7) is 1.48. The molecule has 0 saturated carbocycles. The number of likely N-dealkylation sites (tertiary alicyclic amines) is 1. The van der Waals surface area contributed by atoms with Crippen molar-refractivity contribution in [3.8, 4) is 11.1 Å². The van der Waals surface area contributed by atoms with E-state index in [1.165, 1.54) is 11.1 Å². The number of benzene rings is 2. The molecule has 184 valence electrons. The Morgan fingerprint density at radius 1 is 1.03 bits per heavy atom. The zero-order valence-electron chi connectivity index (χ0n) is 19.5. The maximum absolute atomic E-state index is 13.1. The average Bonchev–Trinajstić information content (AvgIpc) is 3.58. The lowest BCUT2D eigenvalue weighted by Crippen LogP contribution is -2.46. The van der Waals surface area contributed by atoms with E-state index < -0.39 is 18.2 Å². The van der Waals surface area contributed by atoms with E-state index in [4.69, 9.17) is 14.6 Å². The standard InChI is InChI=1S/C27H30N2O6/c30-24(31)14-18-6-5-12-29(18)26(32)25-17(11-13-34-25)15-28-27(33)35-16-23-21-9-3-1-7-19(21)20-8-2-4-10-22(20)23/h1-4,7-10,17-18,23,25H,5-6,11-16H2,(H,28,33)(H,30,31)/t17-,18-,25-/m0/s1. The SMILES string of the molecule is O=C(O)C[C@@H]1CCCN1C(=O)[C@H]1OCC[C@H]1CNC(=O)OCC1c2ccccc2-c2ccccc21. The van der Waals surface area contributed by atoms with Gasteiger partial charge in [0.25, 0.3) is 5.91 Å². The Morgan fingerprint density at radius 3 is 2.40 bits per heavy atom. The molecule has 0 bridgehead atoms. The lowest BCUT2D eigenvalue weighted by molar-refractivity contribution is -0.145. The van der Waals surface area contributed by atoms with E-state index in [2.05, 4.69) is 29.6 Å². The molecule has 2 aromatic carbocycles. The van der Waals surface area contributed by atoms with Crippen LogP contribution in [0.4, 0.5) is 4.79 Å². The maximum atomic E-state index is 13.1. The molecule has 2 fully saturated rings. The third-order valence-corrected chi connectivity index (χ3v) is 7.38. The fourth-order valence-corrected chi connectivity index (χ4v) is 5.68. The number of carbonyl (C=O) groups excluding carboxylic acids is 2. The van der Waals surface area contributed by atoms with Crippen molar-refractivity contribution in [2.45, 2.75) is 43.7 Å². The van der Waals surface area contributed by atoms with Crippen LogP contribution in [0.1, 0.15) is 42.7 Å². The minimum Gasteiger partial charge on any atom is -0.481 e. The summed E-state index contributed by atoms with van der Waals surface area (Å²) >= 11 is 0. The molecule has 3 aliphatic rings. The third kappa shape index (κ3) is 4.75. The number of rotatable bonds is 7. The van der Waals surface area contributed by atoms with E-state index in [1.54, 1.807) is 4.90 Å². The molecule has 8 nitrogen and oxygen atoms in total. The lowest BCUT2D eigenvalue weighted by atomic mass is 9.98. The van der Waals surface area contributed by atoms with Crippen LogP contribution in [-0.4, -0.2) is 66.4 Å². The van der Waals surface area contributed by atoms with E-state index in [0.29, 0.717) is 26.0 Å². The smallest absolute Gasteiger partial charge is 0.407 e. The minimum atomic E-state index is -0.907. The van der Waals surface area contributed by atoms with Gasteiger partial charge in [0.1, 0.15) is 12.7 Å². The van der Waals surface area contributed by atoms with E-state index in [1.807, 2.05) is 24.3 Å². The van der Waals surface area contributed by atoms with Gasteiger partial charge in [-0.1, -0.05) is 48.5 Å². The highest BCUT2D eigenvalue weighted by atomic mass is 16.5. The largest absolute Gasteiger partial charge is 0.481 e. The molecular formula is C27H30N2O6. The van der Waals surface area contributed by atoms with Crippen LogP contribution in [0.25, 0.3) is 11.1 Å². The van der Waals surface area contributed by atoms with E-state index in [9.17, 15) is 14.4 Å². The molecular weight excluding hydrogens is 448 g/mol. The first-order valence-electron chi connectivity index (χ1n) is 12.3. The van der Waals surface area contributed by atoms with Gasteiger partial charge in [0, 0.05) is 37.6 Å². The number of nitrogens with one attached hydrogen (secondary N) is 1. The van der Waals surface area contributed by atoms with Crippen LogP contribution in [-0.2, 0) is 19.1 Å². The molecule has 2 amide bonds. The highest BCUT2D eigenvalue weighted by Gasteiger charge is 2.41. The van der Waals surface area contributed by atoms with Gasteiger partial charge in [-0.2, -0.15) is 0 Å². The van der Waals surface area contributed by atoms with Crippen molar-refractivity contribution in [1.29, 1.82) is 0 Å². The lowest BCUT2D eigenvalue weighted by Gasteiger charge is -2.28. The molecule has 2 aromatic rings. The number of carboxylic acid groups (broad SMARTS) is 1. The number of ether oxygens (including phenoxy) is 2. The van der Waals surface area contributed by atoms with Crippen LogP contribution in [0.15, 0.2) is 48.5 Å². The summed E-state index contributed by atoms with van der Waals surface area (Å²) in [5, 5.41) is 12.0. The normalized spacial score (nSPS) is 23.1. The second-order valence-corrected chi connectivity index (χ2v) is 9.47. The van der Waals surface area contributed by atoms with Crippen molar-refractivity contribution in [3.05, 3.63) is 59.7 Å². The van der Waals surface area contributed by atoms with Crippen LogP contribution in [0.3, 0.4) is 0 Å². The highest BCUT2D eigenvalue weighted by Crippen LogP contribution is 2.44. The van der Waals surface area contributed by atoms with Gasteiger partial charge in [-0.05, 0) is 41.5 Å². The van der Waals surface area contributed by atoms with Crippen LogP contribution < -0.4 is 5.32 Å². The van der Waals surface area contributed by atoms with E-state index in [-0.39, 0.29) is 43.4 Å². The Hall–Kier alpha value is -3.39. The van der Waals surface area contributed by atoms with Gasteiger partial charge in [0.2, 0.25) is 0 Å². The summed E-state index contributed by atoms with van der Waals surface area (Å²) in [6.07, 6.45) is 0.888. The van der Waals surface area contributed by atoms with Gasteiger partial charge in [0.05, 0.1) is 6.42 Å². The van der Waals surface area contributed by atoms with Crippen LogP contribution in [0, 0.1) is 5.92 Å². The molecule has 2 aliphatic heterocycles. The zero-order chi connectivity index (χ0) is 24.4. The van der Waals surface area contributed by atoms with E-state index >= 15 is 0 Å². The Morgan fingerprint density at radius 2 is 1.71 bits per heavy atom. The number of alkyl carbamates (subject to hydrolysis) is 1. The van der Waals surface area contributed by atoms with Crippen molar-refractivity contribution in [2.75, 3.05) is 26.3 Å². The van der Waals surface area contributed by atoms with Crippen LogP contribution >= 0.6 is 0 Å². The first-order chi connectivity index (χ1) is 17.0. The number of carboxylic acids is 1. The Balaban J connectivity index is 1.16. The Kier molecular flexibility index (Phi) is 6.72. The van der Waals surface area contributed by atoms with E-state index in [0.717, 1.165) is 17.5 Å². The van der Waals surface area contributed by atoms with Gasteiger partial charge in [-0.3, -0.25) is 9.59 Å². The van der Waals surface area contributed by atoms with Crippen molar-refractivity contribution in [3.63, 3.8) is 0 Å². The molecule has 2 N–H and O–H groups in total. The zero-order valence-corrected chi connectivity index (χ0v) is 19.5. The van der Waals surface area contributed by atoms with Gasteiger partial charge in [-0.25, -0.2) is 4.79 Å². The number of nitrogens with zero attached hydrogens (tertiary/aromatic N) is 1. The number of carbonyl (C=O) groups is 3. The molecule has 0 unspecified atom stereocenters. The number of aliphatic carboxylic acids is 1. The molecule has 3 atom stereocenters. The Labute approximate surface area is 204 Å². The first-order valence-corrected chi connectivity index (χ1v) is 12.3. The van der Waals surface area contributed by atoms with Gasteiger partial charge >= 0.3 is 12.1 Å². The molecule has 0 spiro atoms. The minimum absolute atomic E-state index is 0.0152. The predicted octanol–water partition coefficient (Wildman–Crippen LogP) is 3.40. The summed E-state index contributed by atoms with van der Waals surface area (Å²) in [6, 6.07) is 16.1. The number of hydrogen-bond acceptors (Lipinski definition) is 5. The van der Waals surface area contributed by atoms with Crippen LogP contribution in [0.5, 0.6) is 0 Å². The average molecular weight is 479 g/mol. The molecule has 2 saturated heterocycles. The first kappa shape index (κ1) is 23.4. The molecule has 0 radical (unpaired) electrons.